The zero-order valence-electron chi connectivity index (χ0n) is 9.94. The summed E-state index contributed by atoms with van der Waals surface area (Å²) in [5, 5.41) is 2.80. The minimum absolute atomic E-state index is 0.142. The van der Waals surface area contributed by atoms with Gasteiger partial charge in [-0.3, -0.25) is 14.2 Å². The second-order valence-corrected chi connectivity index (χ2v) is 4.96. The summed E-state index contributed by atoms with van der Waals surface area (Å²) in [7, 11) is 1.55. The largest absolute Gasteiger partial charge is 0.383 e. The number of aromatic nitrogens is 2. The van der Waals surface area contributed by atoms with Crippen LogP contribution in [0.1, 0.15) is 13.0 Å². The van der Waals surface area contributed by atoms with E-state index in [4.69, 9.17) is 16.3 Å². The summed E-state index contributed by atoms with van der Waals surface area (Å²) in [4.78, 5) is 27.5. The molecule has 0 saturated heterocycles. The molecule has 1 unspecified atom stereocenters. The number of carbonyl (C=O) groups is 1. The minimum Gasteiger partial charge on any atom is -0.383 e. The molecule has 6 nitrogen and oxygen atoms in total. The number of nitrogens with one attached hydrogen (secondary N) is 1. The number of rotatable bonds is 5. The maximum absolute atomic E-state index is 11.9. The van der Waals surface area contributed by atoms with Gasteiger partial charge in [0.05, 0.1) is 12.9 Å². The molecule has 0 spiro atoms. The van der Waals surface area contributed by atoms with E-state index in [0.717, 1.165) is 0 Å². The molecule has 0 saturated carbocycles. The van der Waals surface area contributed by atoms with Gasteiger partial charge >= 0.3 is 0 Å². The topological polar surface area (TPSA) is 73.2 Å². The van der Waals surface area contributed by atoms with Gasteiger partial charge in [-0.2, -0.15) is 0 Å². The van der Waals surface area contributed by atoms with Crippen molar-refractivity contribution in [1.29, 1.82) is 0 Å². The van der Waals surface area contributed by atoms with Crippen LogP contribution < -0.4 is 10.9 Å². The average molecular weight is 386 g/mol. The van der Waals surface area contributed by atoms with Gasteiger partial charge in [-0.15, -0.1) is 0 Å². The molecular formula is C10H13ClIN3O3. The van der Waals surface area contributed by atoms with Crippen molar-refractivity contribution < 1.29 is 9.53 Å². The van der Waals surface area contributed by atoms with Crippen LogP contribution in [0.25, 0.3) is 0 Å². The van der Waals surface area contributed by atoms with Crippen LogP contribution in [-0.2, 0) is 9.53 Å². The molecule has 100 valence electrons. The molecule has 0 aromatic carbocycles. The molecule has 1 N–H and O–H groups in total. The lowest BCUT2D eigenvalue weighted by Crippen LogP contribution is -2.37. The maximum Gasteiger partial charge on any atom is 0.269 e. The van der Waals surface area contributed by atoms with Crippen LogP contribution >= 0.6 is 34.2 Å². The Hall–Kier alpha value is -0.670. The molecule has 1 rings (SSSR count). The molecule has 1 aromatic heterocycles. The first-order chi connectivity index (χ1) is 8.49. The van der Waals surface area contributed by atoms with E-state index in [2.05, 4.69) is 10.3 Å². The Morgan fingerprint density at radius 1 is 1.72 bits per heavy atom. The number of carbonyl (C=O) groups excluding carboxylic acids is 1. The molecule has 1 amide bonds. The molecule has 1 aromatic rings. The fourth-order valence-electron chi connectivity index (χ4n) is 1.25. The standard InChI is InChI=1S/C10H13ClIN3O3/c1-6(9(16)13-3-4-18-2)15-5-14-8(11)7(12)10(15)17/h5-6H,3-4H2,1-2H3,(H,13,16). The van der Waals surface area contributed by atoms with Gasteiger partial charge in [0.25, 0.3) is 5.56 Å². The highest BCUT2D eigenvalue weighted by Gasteiger charge is 2.18. The normalized spacial score (nSPS) is 12.2. The van der Waals surface area contributed by atoms with Crippen molar-refractivity contribution in [2.24, 2.45) is 0 Å². The van der Waals surface area contributed by atoms with Crippen LogP contribution in [-0.4, -0.2) is 35.7 Å². The Morgan fingerprint density at radius 2 is 2.39 bits per heavy atom. The molecule has 0 aliphatic rings. The summed E-state index contributed by atoms with van der Waals surface area (Å²) in [6, 6.07) is -0.646. The highest BCUT2D eigenvalue weighted by molar-refractivity contribution is 14.1. The van der Waals surface area contributed by atoms with Crippen molar-refractivity contribution in [3.63, 3.8) is 0 Å². The van der Waals surface area contributed by atoms with Crippen LogP contribution in [0.2, 0.25) is 5.15 Å². The van der Waals surface area contributed by atoms with Gasteiger partial charge in [0.2, 0.25) is 5.91 Å². The zero-order chi connectivity index (χ0) is 13.7. The zero-order valence-corrected chi connectivity index (χ0v) is 12.9. The molecule has 1 heterocycles. The first-order valence-corrected chi connectivity index (χ1v) is 6.63. The van der Waals surface area contributed by atoms with Crippen LogP contribution in [0, 0.1) is 3.57 Å². The minimum atomic E-state index is -0.646. The molecule has 8 heteroatoms. The quantitative estimate of drug-likeness (QED) is 0.463. The van der Waals surface area contributed by atoms with Gasteiger partial charge in [-0.1, -0.05) is 11.6 Å². The summed E-state index contributed by atoms with van der Waals surface area (Å²) in [5.74, 6) is -0.269. The summed E-state index contributed by atoms with van der Waals surface area (Å²) in [6.07, 6.45) is 1.27. The molecular weight excluding hydrogens is 372 g/mol. The Labute approximate surface area is 123 Å². The Balaban J connectivity index is 2.84. The van der Waals surface area contributed by atoms with Crippen molar-refractivity contribution in [2.75, 3.05) is 20.3 Å². The van der Waals surface area contributed by atoms with Gasteiger partial charge in [-0.25, -0.2) is 4.98 Å². The van der Waals surface area contributed by atoms with Gasteiger partial charge in [0.1, 0.15) is 14.8 Å². The van der Waals surface area contributed by atoms with Gasteiger partial charge in [0.15, 0.2) is 0 Å². The average Bonchev–Trinajstić information content (AvgIpc) is 2.35. The van der Waals surface area contributed by atoms with E-state index in [9.17, 15) is 9.59 Å². The molecule has 0 aliphatic heterocycles. The Kier molecular flexibility index (Phi) is 6.03. The van der Waals surface area contributed by atoms with E-state index in [1.807, 2.05) is 0 Å². The third-order valence-corrected chi connectivity index (χ3v) is 3.88. The van der Waals surface area contributed by atoms with E-state index in [-0.39, 0.29) is 16.6 Å². The lowest BCUT2D eigenvalue weighted by atomic mass is 10.3. The number of hydrogen-bond acceptors (Lipinski definition) is 4. The van der Waals surface area contributed by atoms with E-state index in [0.29, 0.717) is 16.7 Å². The number of halogens is 2. The van der Waals surface area contributed by atoms with Crippen molar-refractivity contribution in [2.45, 2.75) is 13.0 Å². The third kappa shape index (κ3) is 3.66. The number of nitrogens with zero attached hydrogens (tertiary/aromatic N) is 2. The van der Waals surface area contributed by atoms with Crippen LogP contribution in [0.3, 0.4) is 0 Å². The number of ether oxygens (including phenoxy) is 1. The summed E-state index contributed by atoms with van der Waals surface area (Å²) in [5.41, 5.74) is -0.329. The van der Waals surface area contributed by atoms with E-state index >= 15 is 0 Å². The summed E-state index contributed by atoms with van der Waals surface area (Å²) in [6.45, 7) is 2.44. The highest BCUT2D eigenvalue weighted by atomic mass is 127. The first-order valence-electron chi connectivity index (χ1n) is 5.17. The fraction of sp³-hybridized carbons (Fsp3) is 0.500. The Morgan fingerprint density at radius 3 is 3.00 bits per heavy atom. The van der Waals surface area contributed by atoms with Crippen LogP contribution in [0.4, 0.5) is 0 Å². The van der Waals surface area contributed by atoms with Crippen LogP contribution in [0.15, 0.2) is 11.1 Å². The van der Waals surface area contributed by atoms with Gasteiger partial charge in [-0.05, 0) is 29.5 Å². The number of methoxy groups -OCH3 is 1. The van der Waals surface area contributed by atoms with E-state index in [1.165, 1.54) is 10.9 Å². The third-order valence-electron chi connectivity index (χ3n) is 2.30. The van der Waals surface area contributed by atoms with Crippen LogP contribution in [0.5, 0.6) is 0 Å². The summed E-state index contributed by atoms with van der Waals surface area (Å²) >= 11 is 7.53. The van der Waals surface area contributed by atoms with Crippen molar-refractivity contribution in [3.05, 3.63) is 25.4 Å². The smallest absolute Gasteiger partial charge is 0.269 e. The highest BCUT2D eigenvalue weighted by Crippen LogP contribution is 2.11. The van der Waals surface area contributed by atoms with Gasteiger partial charge in [0, 0.05) is 13.7 Å². The molecule has 0 fully saturated rings. The SMILES string of the molecule is COCCNC(=O)C(C)n1cnc(Cl)c(I)c1=O. The number of amides is 1. The first kappa shape index (κ1) is 15.4. The fourth-order valence-corrected chi connectivity index (χ4v) is 1.79. The molecule has 0 bridgehead atoms. The lowest BCUT2D eigenvalue weighted by Gasteiger charge is -2.14. The van der Waals surface area contributed by atoms with Crippen molar-refractivity contribution in [1.82, 2.24) is 14.9 Å². The molecule has 18 heavy (non-hydrogen) atoms. The number of hydrogen-bond donors (Lipinski definition) is 1. The van der Waals surface area contributed by atoms with E-state index < -0.39 is 6.04 Å². The summed E-state index contributed by atoms with van der Waals surface area (Å²) < 4.78 is 6.37. The molecule has 0 radical (unpaired) electrons. The van der Waals surface area contributed by atoms with Crippen molar-refractivity contribution in [3.8, 4) is 0 Å². The second kappa shape index (κ2) is 7.05. The van der Waals surface area contributed by atoms with Crippen molar-refractivity contribution >= 4 is 40.1 Å². The lowest BCUT2D eigenvalue weighted by molar-refractivity contribution is -0.124. The monoisotopic (exact) mass is 385 g/mol. The van der Waals surface area contributed by atoms with Gasteiger partial charge < -0.3 is 10.1 Å². The predicted molar refractivity (Wildman–Crippen MR) is 75.8 cm³/mol. The molecule has 0 aliphatic carbocycles. The predicted octanol–water partition coefficient (Wildman–Crippen LogP) is 0.825. The Bertz CT molecular complexity index is 492. The van der Waals surface area contributed by atoms with E-state index in [1.54, 1.807) is 36.6 Å². The maximum atomic E-state index is 11.9. The second-order valence-electron chi connectivity index (χ2n) is 3.52. The molecule has 1 atom stereocenters.